The molecule has 0 aromatic heterocycles. The Morgan fingerprint density at radius 2 is 1.81 bits per heavy atom. The molecule has 1 unspecified atom stereocenters. The maximum atomic E-state index is 13.9. The average molecular weight is 445 g/mol. The van der Waals surface area contributed by atoms with Gasteiger partial charge in [0, 0.05) is 6.07 Å². The van der Waals surface area contributed by atoms with Crippen molar-refractivity contribution in [2.24, 2.45) is 11.8 Å². The number of carbonyl (C=O) groups is 1. The van der Waals surface area contributed by atoms with Crippen molar-refractivity contribution < 1.29 is 28.1 Å². The zero-order valence-corrected chi connectivity index (χ0v) is 19.1. The van der Waals surface area contributed by atoms with Crippen molar-refractivity contribution in [1.29, 1.82) is 0 Å². The zero-order chi connectivity index (χ0) is 22.9. The number of hydrogen-bond donors (Lipinski definition) is 0. The first kappa shape index (κ1) is 23.9. The lowest BCUT2D eigenvalue weighted by atomic mass is 9.83. The highest BCUT2D eigenvalue weighted by atomic mass is 19.1. The van der Waals surface area contributed by atoms with E-state index in [1.165, 1.54) is 32.4 Å². The Labute approximate surface area is 189 Å². The van der Waals surface area contributed by atoms with E-state index in [9.17, 15) is 9.18 Å². The van der Waals surface area contributed by atoms with Crippen LogP contribution in [0.5, 0.6) is 17.2 Å². The molecule has 2 aromatic rings. The summed E-state index contributed by atoms with van der Waals surface area (Å²) in [4.78, 5) is 11.6. The van der Waals surface area contributed by atoms with Gasteiger partial charge in [-0.3, -0.25) is 4.79 Å². The van der Waals surface area contributed by atoms with Crippen LogP contribution in [0.25, 0.3) is 0 Å². The van der Waals surface area contributed by atoms with Crippen LogP contribution in [0.3, 0.4) is 0 Å². The van der Waals surface area contributed by atoms with Crippen LogP contribution < -0.4 is 14.2 Å². The van der Waals surface area contributed by atoms with E-state index in [1.807, 2.05) is 31.2 Å². The van der Waals surface area contributed by atoms with E-state index in [2.05, 4.69) is 0 Å². The van der Waals surface area contributed by atoms with Crippen molar-refractivity contribution >= 4 is 5.97 Å². The molecule has 2 aliphatic rings. The van der Waals surface area contributed by atoms with Crippen molar-refractivity contribution in [2.75, 3.05) is 20.8 Å². The number of ether oxygens (including phenoxy) is 4. The second-order valence-corrected chi connectivity index (χ2v) is 8.52. The topological polar surface area (TPSA) is 54.0 Å². The van der Waals surface area contributed by atoms with E-state index in [4.69, 9.17) is 18.9 Å². The Bertz CT molecular complexity index is 874. The molecular formula is C26H33FO5. The van der Waals surface area contributed by atoms with Gasteiger partial charge in [-0.25, -0.2) is 4.39 Å². The Kier molecular flexibility index (Phi) is 8.77. The SMILES string of the molecule is C1CC1.COC(=O)C(C)Cc1cccc(OCC2CC(Oc3cc(OC)ccc3F)C2)c1. The molecule has 0 N–H and O–H groups in total. The molecule has 0 bridgehead atoms. The molecule has 4 rings (SSSR count). The van der Waals surface area contributed by atoms with Gasteiger partial charge in [-0.15, -0.1) is 0 Å². The van der Waals surface area contributed by atoms with Crippen molar-refractivity contribution in [3.05, 3.63) is 53.8 Å². The van der Waals surface area contributed by atoms with Crippen LogP contribution >= 0.6 is 0 Å². The second-order valence-electron chi connectivity index (χ2n) is 8.52. The molecular weight excluding hydrogens is 411 g/mol. The summed E-state index contributed by atoms with van der Waals surface area (Å²) in [6.45, 7) is 2.43. The summed E-state index contributed by atoms with van der Waals surface area (Å²) in [6.07, 6.45) is 6.72. The summed E-state index contributed by atoms with van der Waals surface area (Å²) in [5.41, 5.74) is 1.03. The molecule has 0 saturated heterocycles. The molecule has 2 saturated carbocycles. The zero-order valence-electron chi connectivity index (χ0n) is 19.1. The Morgan fingerprint density at radius 1 is 1.06 bits per heavy atom. The molecule has 5 nitrogen and oxygen atoms in total. The summed E-state index contributed by atoms with van der Waals surface area (Å²) in [5, 5.41) is 0. The number of halogens is 1. The minimum atomic E-state index is -0.386. The molecule has 1 atom stereocenters. The van der Waals surface area contributed by atoms with Crippen LogP contribution in [0, 0.1) is 17.7 Å². The molecule has 2 aliphatic carbocycles. The number of methoxy groups -OCH3 is 2. The van der Waals surface area contributed by atoms with Crippen molar-refractivity contribution in [2.45, 2.75) is 51.6 Å². The standard InChI is InChI=1S/C23H27FO5.C3H6/c1-15(23(25)27-3)9-16-5-4-6-19(10-16)28-14-17-11-20(12-17)29-22-13-18(26-2)7-8-21(22)24;1-2-3-1/h4-8,10,13,15,17,20H,9,11-12,14H2,1-3H3;1-3H2. The van der Waals surface area contributed by atoms with Gasteiger partial charge >= 0.3 is 5.97 Å². The van der Waals surface area contributed by atoms with Crippen molar-refractivity contribution in [3.63, 3.8) is 0 Å². The molecule has 0 radical (unpaired) electrons. The van der Waals surface area contributed by atoms with Gasteiger partial charge in [0.05, 0.1) is 32.8 Å². The lowest BCUT2D eigenvalue weighted by Gasteiger charge is -2.35. The number of benzene rings is 2. The monoisotopic (exact) mass is 444 g/mol. The highest BCUT2D eigenvalue weighted by Crippen LogP contribution is 2.34. The summed E-state index contributed by atoms with van der Waals surface area (Å²) in [6, 6.07) is 12.2. The Hall–Kier alpha value is -2.76. The highest BCUT2D eigenvalue weighted by molar-refractivity contribution is 5.72. The van der Waals surface area contributed by atoms with E-state index in [0.29, 0.717) is 24.7 Å². The molecule has 0 heterocycles. The molecule has 2 fully saturated rings. The number of carbonyl (C=O) groups excluding carboxylic acids is 1. The van der Waals surface area contributed by atoms with Gasteiger partial charge < -0.3 is 18.9 Å². The predicted octanol–water partition coefficient (Wildman–Crippen LogP) is 5.59. The summed E-state index contributed by atoms with van der Waals surface area (Å²) in [5.74, 6) is 1.14. The van der Waals surface area contributed by atoms with Gasteiger partial charge in [0.1, 0.15) is 11.5 Å². The maximum absolute atomic E-state index is 13.9. The van der Waals surface area contributed by atoms with Crippen LogP contribution in [0.1, 0.15) is 44.6 Å². The molecule has 0 amide bonds. The predicted molar refractivity (Wildman–Crippen MR) is 121 cm³/mol. The first-order valence-corrected chi connectivity index (χ1v) is 11.3. The first-order valence-electron chi connectivity index (χ1n) is 11.3. The maximum Gasteiger partial charge on any atom is 0.308 e. The van der Waals surface area contributed by atoms with Gasteiger partial charge in [-0.1, -0.05) is 38.3 Å². The van der Waals surface area contributed by atoms with Crippen molar-refractivity contribution in [1.82, 2.24) is 0 Å². The first-order chi connectivity index (χ1) is 15.5. The third kappa shape index (κ3) is 7.43. The van der Waals surface area contributed by atoms with Gasteiger partial charge in [0.25, 0.3) is 0 Å². The lowest BCUT2D eigenvalue weighted by molar-refractivity contribution is -0.144. The largest absolute Gasteiger partial charge is 0.497 e. The Morgan fingerprint density at radius 3 is 2.47 bits per heavy atom. The lowest BCUT2D eigenvalue weighted by Crippen LogP contribution is -2.37. The normalized spacial score (nSPS) is 19.5. The Balaban J connectivity index is 0.000000887. The van der Waals surface area contributed by atoms with Gasteiger partial charge in [0.15, 0.2) is 11.6 Å². The third-order valence-electron chi connectivity index (χ3n) is 5.51. The van der Waals surface area contributed by atoms with Gasteiger partial charge in [0.2, 0.25) is 0 Å². The summed E-state index contributed by atoms with van der Waals surface area (Å²) in [7, 11) is 2.94. The summed E-state index contributed by atoms with van der Waals surface area (Å²) < 4.78 is 35.4. The number of rotatable bonds is 9. The fourth-order valence-corrected chi connectivity index (χ4v) is 3.40. The van der Waals surface area contributed by atoms with E-state index in [-0.39, 0.29) is 29.6 Å². The number of hydrogen-bond acceptors (Lipinski definition) is 5. The third-order valence-corrected chi connectivity index (χ3v) is 5.51. The molecule has 0 spiro atoms. The van der Waals surface area contributed by atoms with Crippen LogP contribution in [0.15, 0.2) is 42.5 Å². The smallest absolute Gasteiger partial charge is 0.308 e. The number of esters is 1. The van der Waals surface area contributed by atoms with E-state index < -0.39 is 0 Å². The molecule has 0 aliphatic heterocycles. The van der Waals surface area contributed by atoms with Crippen LogP contribution in [0.2, 0.25) is 0 Å². The minimum Gasteiger partial charge on any atom is -0.497 e. The molecule has 174 valence electrons. The highest BCUT2D eigenvalue weighted by Gasteiger charge is 2.32. The van der Waals surface area contributed by atoms with Crippen LogP contribution in [0.4, 0.5) is 4.39 Å². The van der Waals surface area contributed by atoms with Crippen LogP contribution in [-0.2, 0) is 16.0 Å². The van der Waals surface area contributed by atoms with Gasteiger partial charge in [-0.05, 0) is 55.0 Å². The van der Waals surface area contributed by atoms with E-state index in [1.54, 1.807) is 19.2 Å². The molecule has 6 heteroatoms. The van der Waals surface area contributed by atoms with E-state index in [0.717, 1.165) is 24.2 Å². The summed E-state index contributed by atoms with van der Waals surface area (Å²) >= 11 is 0. The molecule has 32 heavy (non-hydrogen) atoms. The second kappa shape index (κ2) is 11.7. The fraction of sp³-hybridized carbons (Fsp3) is 0.500. The minimum absolute atomic E-state index is 0.0163. The van der Waals surface area contributed by atoms with Gasteiger partial charge in [-0.2, -0.15) is 0 Å². The van der Waals surface area contributed by atoms with E-state index >= 15 is 0 Å². The quantitative estimate of drug-likeness (QED) is 0.472. The van der Waals surface area contributed by atoms with Crippen molar-refractivity contribution in [3.8, 4) is 17.2 Å². The van der Waals surface area contributed by atoms with Crippen LogP contribution in [-0.4, -0.2) is 32.9 Å². The fourth-order valence-electron chi connectivity index (χ4n) is 3.40. The molecule has 2 aromatic carbocycles. The average Bonchev–Trinajstić information content (AvgIpc) is 3.65.